The molecule has 0 radical (unpaired) electrons. The van der Waals surface area contributed by atoms with Crippen molar-refractivity contribution in [1.82, 2.24) is 0 Å². The van der Waals surface area contributed by atoms with Crippen LogP contribution in [0.3, 0.4) is 0 Å². The topological polar surface area (TPSA) is 80.1 Å². The molecule has 0 aliphatic heterocycles. The molecule has 0 heterocycles. The van der Waals surface area contributed by atoms with E-state index in [9.17, 15) is 10.1 Å². The average Bonchev–Trinajstić information content (AvgIpc) is 2.64. The molecule has 0 bridgehead atoms. The molecule has 7 heteroatoms. The van der Waals surface area contributed by atoms with Gasteiger partial charge in [0.2, 0.25) is 0 Å². The summed E-state index contributed by atoms with van der Waals surface area (Å²) >= 11 is 0. The van der Waals surface area contributed by atoms with Crippen LogP contribution >= 0.6 is 0 Å². The number of non-ortho nitro benzene ring substituents is 1. The van der Waals surface area contributed by atoms with Gasteiger partial charge in [0, 0.05) is 6.07 Å². The fraction of sp³-hybridized carbons (Fsp3) is 0.333. The van der Waals surface area contributed by atoms with Gasteiger partial charge in [-0.25, -0.2) is 0 Å². The summed E-state index contributed by atoms with van der Waals surface area (Å²) in [7, 11) is 1.48. The molecule has 0 unspecified atom stereocenters. The van der Waals surface area contributed by atoms with Crippen LogP contribution in [0, 0.1) is 10.1 Å². The smallest absolute Gasteiger partial charge is 0.273 e. The summed E-state index contributed by atoms with van der Waals surface area (Å²) in [6, 6.07) is 11.5. The molecule has 2 aromatic rings. The maximum absolute atomic E-state index is 10.8. The van der Waals surface area contributed by atoms with Gasteiger partial charge in [0.1, 0.15) is 24.7 Å². The number of nitrogens with zero attached hydrogens (tertiary/aromatic N) is 1. The van der Waals surface area contributed by atoms with Gasteiger partial charge in [-0.1, -0.05) is 6.92 Å². The molecule has 0 aliphatic carbocycles. The van der Waals surface area contributed by atoms with E-state index < -0.39 is 4.92 Å². The number of hydrogen-bond donors (Lipinski definition) is 0. The Bertz CT molecular complexity index is 686. The van der Waals surface area contributed by atoms with Crippen molar-refractivity contribution in [1.29, 1.82) is 0 Å². The van der Waals surface area contributed by atoms with Crippen molar-refractivity contribution in [3.05, 3.63) is 52.6 Å². The summed E-state index contributed by atoms with van der Waals surface area (Å²) in [6.07, 6.45) is 0.955. The van der Waals surface area contributed by atoms with Crippen LogP contribution in [0.2, 0.25) is 0 Å². The van der Waals surface area contributed by atoms with Crippen molar-refractivity contribution in [3.63, 3.8) is 0 Å². The van der Waals surface area contributed by atoms with Crippen molar-refractivity contribution >= 4 is 5.69 Å². The first-order valence-corrected chi connectivity index (χ1v) is 7.95. The predicted molar refractivity (Wildman–Crippen MR) is 92.9 cm³/mol. The Hall–Kier alpha value is -2.96. The number of benzene rings is 2. The van der Waals surface area contributed by atoms with E-state index in [2.05, 4.69) is 0 Å². The van der Waals surface area contributed by atoms with Crippen LogP contribution in [0.15, 0.2) is 42.5 Å². The fourth-order valence-electron chi connectivity index (χ4n) is 2.05. The van der Waals surface area contributed by atoms with Gasteiger partial charge in [0.25, 0.3) is 5.69 Å². The predicted octanol–water partition coefficient (Wildman–Crippen LogP) is 3.85. The highest BCUT2D eigenvalue weighted by atomic mass is 16.6. The summed E-state index contributed by atoms with van der Waals surface area (Å²) < 4.78 is 21.8. The Balaban J connectivity index is 1.84. The number of methoxy groups -OCH3 is 1. The minimum Gasteiger partial charge on any atom is -0.494 e. The Labute approximate surface area is 146 Å². The molecule has 0 aliphatic rings. The van der Waals surface area contributed by atoms with Gasteiger partial charge in [-0.05, 0) is 36.8 Å². The second-order valence-electron chi connectivity index (χ2n) is 5.11. The van der Waals surface area contributed by atoms with Crippen molar-refractivity contribution in [3.8, 4) is 23.0 Å². The van der Waals surface area contributed by atoms with E-state index in [1.165, 1.54) is 25.3 Å². The van der Waals surface area contributed by atoms with E-state index in [1.807, 2.05) is 31.2 Å². The van der Waals surface area contributed by atoms with E-state index in [0.717, 1.165) is 12.2 Å². The zero-order valence-electron chi connectivity index (χ0n) is 14.3. The first-order valence-electron chi connectivity index (χ1n) is 7.95. The molecular weight excluding hydrogens is 326 g/mol. The Kier molecular flexibility index (Phi) is 6.88. The van der Waals surface area contributed by atoms with Crippen molar-refractivity contribution in [2.24, 2.45) is 0 Å². The molecule has 7 nitrogen and oxygen atoms in total. The van der Waals surface area contributed by atoms with Gasteiger partial charge < -0.3 is 18.9 Å². The van der Waals surface area contributed by atoms with E-state index in [-0.39, 0.29) is 12.3 Å². The number of nitro groups is 1. The molecule has 0 spiro atoms. The Morgan fingerprint density at radius 2 is 1.48 bits per heavy atom. The maximum Gasteiger partial charge on any atom is 0.273 e. The zero-order chi connectivity index (χ0) is 18.1. The van der Waals surface area contributed by atoms with Crippen LogP contribution in [0.4, 0.5) is 5.69 Å². The molecule has 0 aromatic heterocycles. The van der Waals surface area contributed by atoms with Gasteiger partial charge in [0.05, 0.1) is 24.7 Å². The molecule has 0 atom stereocenters. The summed E-state index contributed by atoms with van der Waals surface area (Å²) in [5.74, 6) is 2.23. The van der Waals surface area contributed by atoms with Crippen LogP contribution in [0.25, 0.3) is 0 Å². The Morgan fingerprint density at radius 1 is 0.880 bits per heavy atom. The van der Waals surface area contributed by atoms with Crippen molar-refractivity contribution in [2.45, 2.75) is 13.3 Å². The summed E-state index contributed by atoms with van der Waals surface area (Å²) in [6.45, 7) is 3.25. The summed E-state index contributed by atoms with van der Waals surface area (Å²) in [4.78, 5) is 10.4. The molecule has 0 N–H and O–H groups in total. The first kappa shape index (κ1) is 18.4. The SMILES string of the molecule is CCCOc1ccc(OCCOc2cc([N+](=O)[O-])ccc2OC)cc1. The minimum absolute atomic E-state index is 0.0561. The molecule has 0 saturated carbocycles. The van der Waals surface area contributed by atoms with Gasteiger partial charge in [-0.2, -0.15) is 0 Å². The molecule has 0 saturated heterocycles. The van der Waals surface area contributed by atoms with Crippen LogP contribution in [-0.2, 0) is 0 Å². The number of rotatable bonds is 10. The molecule has 134 valence electrons. The molecule has 0 fully saturated rings. The molecule has 2 aromatic carbocycles. The van der Waals surface area contributed by atoms with E-state index in [1.54, 1.807) is 0 Å². The summed E-state index contributed by atoms with van der Waals surface area (Å²) in [5.41, 5.74) is -0.0561. The highest BCUT2D eigenvalue weighted by Crippen LogP contribution is 2.31. The maximum atomic E-state index is 10.8. The highest BCUT2D eigenvalue weighted by Gasteiger charge is 2.12. The van der Waals surface area contributed by atoms with Crippen LogP contribution in [-0.4, -0.2) is 31.9 Å². The van der Waals surface area contributed by atoms with Crippen LogP contribution in [0.5, 0.6) is 23.0 Å². The lowest BCUT2D eigenvalue weighted by Gasteiger charge is -2.11. The third-order valence-corrected chi connectivity index (χ3v) is 3.26. The Morgan fingerprint density at radius 3 is 2.04 bits per heavy atom. The second kappa shape index (κ2) is 9.36. The van der Waals surface area contributed by atoms with Crippen LogP contribution < -0.4 is 18.9 Å². The second-order valence-corrected chi connectivity index (χ2v) is 5.11. The third-order valence-electron chi connectivity index (χ3n) is 3.26. The van der Waals surface area contributed by atoms with E-state index in [0.29, 0.717) is 30.5 Å². The molecule has 0 amide bonds. The van der Waals surface area contributed by atoms with Gasteiger partial charge in [-0.15, -0.1) is 0 Å². The number of ether oxygens (including phenoxy) is 4. The van der Waals surface area contributed by atoms with Gasteiger partial charge in [0.15, 0.2) is 11.5 Å². The van der Waals surface area contributed by atoms with Gasteiger partial charge >= 0.3 is 0 Å². The van der Waals surface area contributed by atoms with Crippen molar-refractivity contribution in [2.75, 3.05) is 26.9 Å². The third kappa shape index (κ3) is 5.56. The lowest BCUT2D eigenvalue weighted by atomic mass is 10.3. The first-order chi connectivity index (χ1) is 12.1. The molecule has 2 rings (SSSR count). The highest BCUT2D eigenvalue weighted by molar-refractivity contribution is 5.48. The largest absolute Gasteiger partial charge is 0.494 e. The quantitative estimate of drug-likeness (QED) is 0.369. The van der Waals surface area contributed by atoms with E-state index >= 15 is 0 Å². The number of nitro benzene ring substituents is 1. The van der Waals surface area contributed by atoms with Gasteiger partial charge in [-0.3, -0.25) is 10.1 Å². The van der Waals surface area contributed by atoms with Crippen LogP contribution in [0.1, 0.15) is 13.3 Å². The standard InChI is InChI=1S/C18H21NO6/c1-3-10-23-15-5-7-16(8-6-15)24-11-12-25-18-13-14(19(20)21)4-9-17(18)22-2/h4-9,13H,3,10-12H2,1-2H3. The fourth-order valence-corrected chi connectivity index (χ4v) is 2.05. The lowest BCUT2D eigenvalue weighted by molar-refractivity contribution is -0.385. The monoisotopic (exact) mass is 347 g/mol. The normalized spacial score (nSPS) is 10.2. The average molecular weight is 347 g/mol. The van der Waals surface area contributed by atoms with Crippen molar-refractivity contribution < 1.29 is 23.9 Å². The molecule has 25 heavy (non-hydrogen) atoms. The molecular formula is C18H21NO6. The minimum atomic E-state index is -0.481. The number of hydrogen-bond acceptors (Lipinski definition) is 6. The lowest BCUT2D eigenvalue weighted by Crippen LogP contribution is -2.09. The van der Waals surface area contributed by atoms with E-state index in [4.69, 9.17) is 18.9 Å². The summed E-state index contributed by atoms with van der Waals surface area (Å²) in [5, 5.41) is 10.8. The zero-order valence-corrected chi connectivity index (χ0v) is 14.3.